The normalized spacial score (nSPS) is 11.6. The lowest BCUT2D eigenvalue weighted by molar-refractivity contribution is -0.113. The van der Waals surface area contributed by atoms with Crippen molar-refractivity contribution in [1.29, 1.82) is 0 Å². The quantitative estimate of drug-likeness (QED) is 0.417. The van der Waals surface area contributed by atoms with E-state index in [9.17, 15) is 13.2 Å². The van der Waals surface area contributed by atoms with Crippen molar-refractivity contribution in [3.63, 3.8) is 0 Å². The van der Waals surface area contributed by atoms with Crippen LogP contribution in [0.25, 0.3) is 6.08 Å². The minimum absolute atomic E-state index is 0.0388. The molecule has 0 unspecified atom stereocenters. The lowest BCUT2D eigenvalue weighted by Crippen LogP contribution is -2.35. The van der Waals surface area contributed by atoms with Crippen LogP contribution in [0.5, 0.6) is 5.75 Å². The molecule has 0 saturated heterocycles. The average Bonchev–Trinajstić information content (AvgIpc) is 2.80. The van der Waals surface area contributed by atoms with E-state index in [1.165, 1.54) is 23.8 Å². The third-order valence-electron chi connectivity index (χ3n) is 4.89. The van der Waals surface area contributed by atoms with E-state index in [1.807, 2.05) is 31.2 Å². The second kappa shape index (κ2) is 10.3. The van der Waals surface area contributed by atoms with Gasteiger partial charge in [0, 0.05) is 6.08 Å². The maximum atomic E-state index is 13.4. The smallest absolute Gasteiger partial charge is 0.271 e. The van der Waals surface area contributed by atoms with E-state index in [1.54, 1.807) is 48.5 Å². The zero-order valence-corrected chi connectivity index (χ0v) is 19.2. The molecule has 0 aromatic heterocycles. The topological polar surface area (TPSA) is 63.7 Å². The van der Waals surface area contributed by atoms with E-state index in [0.29, 0.717) is 18.3 Å². The first kappa shape index (κ1) is 23.3. The van der Waals surface area contributed by atoms with Crippen molar-refractivity contribution < 1.29 is 17.9 Å². The van der Waals surface area contributed by atoms with Gasteiger partial charge in [0.25, 0.3) is 15.9 Å². The molecule has 0 atom stereocenters. The van der Waals surface area contributed by atoms with Gasteiger partial charge in [0.05, 0.1) is 17.2 Å². The second-order valence-electron chi connectivity index (χ2n) is 7.50. The van der Waals surface area contributed by atoms with Crippen molar-refractivity contribution in [2.24, 2.45) is 0 Å². The molecule has 0 aliphatic rings. The first-order valence-corrected chi connectivity index (χ1v) is 11.9. The molecule has 3 aromatic rings. The Morgan fingerprint density at radius 1 is 0.938 bits per heavy atom. The Labute approximate surface area is 190 Å². The van der Waals surface area contributed by atoms with Crippen LogP contribution in [0, 0.1) is 0 Å². The SMILES string of the molecule is CCOc1ccc(N(C(=O)/C=C/c2ccc(C(C)C)cc2)S(=O)(=O)c2ccccc2)cc1. The molecule has 0 saturated carbocycles. The van der Waals surface area contributed by atoms with Crippen molar-refractivity contribution >= 4 is 27.7 Å². The van der Waals surface area contributed by atoms with Crippen molar-refractivity contribution in [2.75, 3.05) is 10.9 Å². The van der Waals surface area contributed by atoms with Gasteiger partial charge in [-0.1, -0.05) is 56.3 Å². The van der Waals surface area contributed by atoms with Crippen LogP contribution in [0.2, 0.25) is 0 Å². The molecule has 0 aliphatic carbocycles. The molecule has 3 aromatic carbocycles. The van der Waals surface area contributed by atoms with Crippen LogP contribution >= 0.6 is 0 Å². The average molecular weight is 450 g/mol. The Morgan fingerprint density at radius 2 is 1.56 bits per heavy atom. The molecule has 0 radical (unpaired) electrons. The standard InChI is InChI=1S/C26H27NO4S/c1-4-31-24-17-15-23(16-18-24)27(32(29,30)25-8-6-5-7-9-25)26(28)19-12-21-10-13-22(14-11-21)20(2)3/h5-20H,4H2,1-3H3/b19-12+. The molecule has 0 heterocycles. The van der Waals surface area contributed by atoms with Crippen molar-refractivity contribution in [3.8, 4) is 5.75 Å². The van der Waals surface area contributed by atoms with Crippen LogP contribution in [-0.2, 0) is 14.8 Å². The van der Waals surface area contributed by atoms with E-state index >= 15 is 0 Å². The molecule has 0 N–H and O–H groups in total. The van der Waals surface area contributed by atoms with E-state index in [-0.39, 0.29) is 10.6 Å². The Morgan fingerprint density at radius 3 is 2.12 bits per heavy atom. The fourth-order valence-electron chi connectivity index (χ4n) is 3.15. The van der Waals surface area contributed by atoms with Crippen molar-refractivity contribution in [2.45, 2.75) is 31.6 Å². The molecule has 166 valence electrons. The molecule has 6 heteroatoms. The third kappa shape index (κ3) is 5.45. The first-order valence-electron chi connectivity index (χ1n) is 10.5. The summed E-state index contributed by atoms with van der Waals surface area (Å²) in [4.78, 5) is 13.2. The van der Waals surface area contributed by atoms with Crippen LogP contribution in [0.3, 0.4) is 0 Å². The summed E-state index contributed by atoms with van der Waals surface area (Å²) < 4.78 is 33.0. The number of sulfonamides is 1. The third-order valence-corrected chi connectivity index (χ3v) is 6.62. The minimum atomic E-state index is -4.11. The van der Waals surface area contributed by atoms with Crippen LogP contribution in [0.15, 0.2) is 89.8 Å². The Hall–Kier alpha value is -3.38. The lowest BCUT2D eigenvalue weighted by atomic mass is 10.0. The molecule has 0 aliphatic heterocycles. The van der Waals surface area contributed by atoms with Crippen LogP contribution in [0.1, 0.15) is 37.8 Å². The van der Waals surface area contributed by atoms with Crippen LogP contribution < -0.4 is 9.04 Å². The first-order chi connectivity index (χ1) is 15.3. The molecule has 0 fully saturated rings. The monoisotopic (exact) mass is 449 g/mol. The summed E-state index contributed by atoms with van der Waals surface area (Å²) >= 11 is 0. The molecule has 0 bridgehead atoms. The zero-order valence-electron chi connectivity index (χ0n) is 18.4. The number of nitrogens with zero attached hydrogens (tertiary/aromatic N) is 1. The number of ether oxygens (including phenoxy) is 1. The highest BCUT2D eigenvalue weighted by Crippen LogP contribution is 2.27. The van der Waals surface area contributed by atoms with Gasteiger partial charge < -0.3 is 4.74 Å². The van der Waals surface area contributed by atoms with Gasteiger partial charge in [-0.3, -0.25) is 4.79 Å². The molecule has 1 amide bonds. The number of benzene rings is 3. The fourth-order valence-corrected chi connectivity index (χ4v) is 4.56. The van der Waals surface area contributed by atoms with E-state index < -0.39 is 15.9 Å². The zero-order chi connectivity index (χ0) is 23.1. The minimum Gasteiger partial charge on any atom is -0.494 e. The summed E-state index contributed by atoms with van der Waals surface area (Å²) in [5.74, 6) is 0.341. The van der Waals surface area contributed by atoms with E-state index in [0.717, 1.165) is 9.87 Å². The molecular formula is C26H27NO4S. The maximum absolute atomic E-state index is 13.4. The van der Waals surface area contributed by atoms with Gasteiger partial charge in [0.2, 0.25) is 0 Å². The number of hydrogen-bond acceptors (Lipinski definition) is 4. The summed E-state index contributed by atoms with van der Waals surface area (Å²) in [5.41, 5.74) is 2.24. The summed E-state index contributed by atoms with van der Waals surface area (Å²) in [6, 6.07) is 22.2. The van der Waals surface area contributed by atoms with Crippen molar-refractivity contribution in [1.82, 2.24) is 0 Å². The van der Waals surface area contributed by atoms with Gasteiger partial charge in [-0.25, -0.2) is 8.42 Å². The number of rotatable bonds is 8. The maximum Gasteiger partial charge on any atom is 0.271 e. The van der Waals surface area contributed by atoms with Gasteiger partial charge in [-0.15, -0.1) is 0 Å². The summed E-state index contributed by atoms with van der Waals surface area (Å²) in [6.07, 6.45) is 2.90. The number of carbonyl (C=O) groups is 1. The number of carbonyl (C=O) groups excluding carboxylic acids is 1. The summed E-state index contributed by atoms with van der Waals surface area (Å²) in [6.45, 7) is 6.57. The number of hydrogen-bond donors (Lipinski definition) is 0. The highest BCUT2D eigenvalue weighted by Gasteiger charge is 2.29. The second-order valence-corrected chi connectivity index (χ2v) is 9.29. The fraction of sp³-hybridized carbons (Fsp3) is 0.192. The van der Waals surface area contributed by atoms with Crippen molar-refractivity contribution in [3.05, 3.63) is 96.1 Å². The largest absolute Gasteiger partial charge is 0.494 e. The number of anilines is 1. The van der Waals surface area contributed by atoms with Gasteiger partial charge in [0.1, 0.15) is 5.75 Å². The lowest BCUT2D eigenvalue weighted by Gasteiger charge is -2.21. The summed E-state index contributed by atoms with van der Waals surface area (Å²) in [5, 5.41) is 0. The van der Waals surface area contributed by atoms with E-state index in [4.69, 9.17) is 4.74 Å². The van der Waals surface area contributed by atoms with Crippen LogP contribution in [0.4, 0.5) is 5.69 Å². The van der Waals surface area contributed by atoms with E-state index in [2.05, 4.69) is 13.8 Å². The molecule has 0 spiro atoms. The summed E-state index contributed by atoms with van der Waals surface area (Å²) in [7, 11) is -4.11. The Balaban J connectivity index is 1.97. The predicted molar refractivity (Wildman–Crippen MR) is 128 cm³/mol. The van der Waals surface area contributed by atoms with Gasteiger partial charge >= 0.3 is 0 Å². The van der Waals surface area contributed by atoms with Gasteiger partial charge in [0.15, 0.2) is 0 Å². The Kier molecular flexibility index (Phi) is 7.49. The highest BCUT2D eigenvalue weighted by molar-refractivity contribution is 7.93. The van der Waals surface area contributed by atoms with Gasteiger partial charge in [-0.05, 0) is 66.4 Å². The Bertz CT molecular complexity index is 1170. The number of amides is 1. The molecule has 3 rings (SSSR count). The highest BCUT2D eigenvalue weighted by atomic mass is 32.2. The predicted octanol–water partition coefficient (Wildman–Crippen LogP) is 5.64. The van der Waals surface area contributed by atoms with Crippen LogP contribution in [-0.4, -0.2) is 20.9 Å². The molecule has 5 nitrogen and oxygen atoms in total. The van der Waals surface area contributed by atoms with Gasteiger partial charge in [-0.2, -0.15) is 4.31 Å². The molecule has 32 heavy (non-hydrogen) atoms. The molecular weight excluding hydrogens is 422 g/mol.